The van der Waals surface area contributed by atoms with Gasteiger partial charge in [0.25, 0.3) is 0 Å². The van der Waals surface area contributed by atoms with E-state index >= 15 is 0 Å². The molecule has 0 fully saturated rings. The zero-order chi connectivity index (χ0) is 13.2. The molecular formula is C11H15F2NO2S. The van der Waals surface area contributed by atoms with Gasteiger partial charge in [-0.25, -0.2) is 22.3 Å². The van der Waals surface area contributed by atoms with Crippen molar-refractivity contribution in [3.05, 3.63) is 29.3 Å². The molecule has 2 N–H and O–H groups in total. The summed E-state index contributed by atoms with van der Waals surface area (Å²) in [7, 11) is -4.36. The minimum atomic E-state index is -4.36. The molecule has 0 saturated carbocycles. The molecule has 0 saturated heterocycles. The number of rotatable bonds is 4. The highest BCUT2D eigenvalue weighted by molar-refractivity contribution is 7.89. The second-order valence-electron chi connectivity index (χ2n) is 4.37. The van der Waals surface area contributed by atoms with Crippen LogP contribution in [0.4, 0.5) is 8.78 Å². The van der Waals surface area contributed by atoms with E-state index in [2.05, 4.69) is 0 Å². The fourth-order valence-corrected chi connectivity index (χ4v) is 2.15. The van der Waals surface area contributed by atoms with Gasteiger partial charge in [-0.2, -0.15) is 0 Å². The largest absolute Gasteiger partial charge is 0.243 e. The molecule has 0 heterocycles. The molecule has 0 radical (unpaired) electrons. The lowest BCUT2D eigenvalue weighted by atomic mass is 10.0. The van der Waals surface area contributed by atoms with Gasteiger partial charge in [-0.1, -0.05) is 13.8 Å². The van der Waals surface area contributed by atoms with Crippen molar-refractivity contribution in [1.82, 2.24) is 0 Å². The highest BCUT2D eigenvalue weighted by atomic mass is 32.2. The Morgan fingerprint density at radius 1 is 1.24 bits per heavy atom. The summed E-state index contributed by atoms with van der Waals surface area (Å²) in [5, 5.41) is 4.72. The summed E-state index contributed by atoms with van der Waals surface area (Å²) in [6.07, 6.45) is 1.27. The van der Waals surface area contributed by atoms with Crippen molar-refractivity contribution in [3.8, 4) is 0 Å². The molecule has 3 nitrogen and oxygen atoms in total. The van der Waals surface area contributed by atoms with Crippen molar-refractivity contribution < 1.29 is 17.2 Å². The van der Waals surface area contributed by atoms with Crippen LogP contribution in [0.1, 0.15) is 25.8 Å². The van der Waals surface area contributed by atoms with E-state index in [1.54, 1.807) is 0 Å². The van der Waals surface area contributed by atoms with E-state index in [1.165, 1.54) is 0 Å². The lowest BCUT2D eigenvalue weighted by Gasteiger charge is -2.08. The van der Waals surface area contributed by atoms with Crippen LogP contribution in [-0.4, -0.2) is 8.42 Å². The summed E-state index contributed by atoms with van der Waals surface area (Å²) in [4.78, 5) is -1.06. The molecule has 0 spiro atoms. The molecule has 96 valence electrons. The zero-order valence-electron chi connectivity index (χ0n) is 9.70. The SMILES string of the molecule is CC(C)CCc1cc(F)c(S(N)(=O)=O)c(F)c1. The maximum atomic E-state index is 13.4. The predicted octanol–water partition coefficient (Wildman–Crippen LogP) is 2.20. The van der Waals surface area contributed by atoms with Crippen molar-refractivity contribution in [2.45, 2.75) is 31.6 Å². The summed E-state index contributed by atoms with van der Waals surface area (Å²) >= 11 is 0. The molecule has 17 heavy (non-hydrogen) atoms. The second-order valence-corrected chi connectivity index (χ2v) is 5.86. The summed E-state index contributed by atoms with van der Waals surface area (Å²) in [5.74, 6) is -1.86. The Morgan fingerprint density at radius 2 is 1.71 bits per heavy atom. The van der Waals surface area contributed by atoms with Crippen molar-refractivity contribution in [3.63, 3.8) is 0 Å². The summed E-state index contributed by atoms with van der Waals surface area (Å²) in [6.45, 7) is 3.98. The molecule has 0 aliphatic rings. The van der Waals surface area contributed by atoms with E-state index in [4.69, 9.17) is 5.14 Å². The third-order valence-corrected chi connectivity index (χ3v) is 3.31. The van der Waals surface area contributed by atoms with Crippen LogP contribution in [0.15, 0.2) is 17.0 Å². The number of hydrogen-bond donors (Lipinski definition) is 1. The Kier molecular flexibility index (Phi) is 4.21. The fourth-order valence-electron chi connectivity index (χ4n) is 1.48. The fraction of sp³-hybridized carbons (Fsp3) is 0.455. The number of primary sulfonamides is 1. The maximum absolute atomic E-state index is 13.4. The Hall–Kier alpha value is -1.01. The van der Waals surface area contributed by atoms with E-state index in [9.17, 15) is 17.2 Å². The van der Waals surface area contributed by atoms with E-state index < -0.39 is 26.6 Å². The minimum absolute atomic E-state index is 0.402. The Balaban J connectivity index is 3.10. The number of hydrogen-bond acceptors (Lipinski definition) is 2. The van der Waals surface area contributed by atoms with Crippen LogP contribution in [0.5, 0.6) is 0 Å². The van der Waals surface area contributed by atoms with E-state index in [0.29, 0.717) is 17.9 Å². The van der Waals surface area contributed by atoms with Crippen LogP contribution in [0.3, 0.4) is 0 Å². The molecule has 1 rings (SSSR count). The van der Waals surface area contributed by atoms with Crippen LogP contribution in [0.2, 0.25) is 0 Å². The summed E-state index contributed by atoms with van der Waals surface area (Å²) < 4.78 is 48.8. The topological polar surface area (TPSA) is 60.2 Å². The highest BCUT2D eigenvalue weighted by Gasteiger charge is 2.21. The van der Waals surface area contributed by atoms with Crippen molar-refractivity contribution >= 4 is 10.0 Å². The van der Waals surface area contributed by atoms with Gasteiger partial charge in [0.05, 0.1) is 0 Å². The second kappa shape index (κ2) is 5.10. The molecule has 1 aromatic rings. The number of benzene rings is 1. The Bertz CT molecular complexity index is 489. The molecule has 0 amide bonds. The predicted molar refractivity (Wildman–Crippen MR) is 60.9 cm³/mol. The average molecular weight is 263 g/mol. The number of halogens is 2. The van der Waals surface area contributed by atoms with E-state index in [0.717, 1.165) is 18.6 Å². The van der Waals surface area contributed by atoms with Crippen LogP contribution < -0.4 is 5.14 Å². The molecule has 0 unspecified atom stereocenters. The quantitative estimate of drug-likeness (QED) is 0.905. The lowest BCUT2D eigenvalue weighted by molar-refractivity contribution is 0.513. The van der Waals surface area contributed by atoms with Crippen LogP contribution >= 0.6 is 0 Å². The first kappa shape index (κ1) is 14.1. The molecular weight excluding hydrogens is 248 g/mol. The van der Waals surface area contributed by atoms with Crippen molar-refractivity contribution in [2.75, 3.05) is 0 Å². The number of nitrogens with two attached hydrogens (primary N) is 1. The van der Waals surface area contributed by atoms with E-state index in [1.807, 2.05) is 13.8 Å². The van der Waals surface area contributed by atoms with Crippen molar-refractivity contribution in [2.24, 2.45) is 11.1 Å². The van der Waals surface area contributed by atoms with Crippen LogP contribution in [-0.2, 0) is 16.4 Å². The number of sulfonamides is 1. The molecule has 6 heteroatoms. The first-order valence-electron chi connectivity index (χ1n) is 5.22. The number of aryl methyl sites for hydroxylation is 1. The van der Waals surface area contributed by atoms with Gasteiger partial charge in [0, 0.05) is 0 Å². The smallest absolute Gasteiger partial charge is 0.224 e. The van der Waals surface area contributed by atoms with Gasteiger partial charge < -0.3 is 0 Å². The lowest BCUT2D eigenvalue weighted by Crippen LogP contribution is -2.16. The molecule has 0 bridgehead atoms. The van der Waals surface area contributed by atoms with Crippen LogP contribution in [0, 0.1) is 17.6 Å². The third-order valence-electron chi connectivity index (χ3n) is 2.35. The Labute approximate surface area is 99.7 Å². The van der Waals surface area contributed by atoms with Gasteiger partial charge in [0.2, 0.25) is 10.0 Å². The van der Waals surface area contributed by atoms with Crippen LogP contribution in [0.25, 0.3) is 0 Å². The standard InChI is InChI=1S/C11H15F2NO2S/c1-7(2)3-4-8-5-9(12)11(10(13)6-8)17(14,15)16/h5-7H,3-4H2,1-2H3,(H2,14,15,16). The molecule has 0 atom stereocenters. The zero-order valence-corrected chi connectivity index (χ0v) is 10.5. The van der Waals surface area contributed by atoms with Gasteiger partial charge in [-0.15, -0.1) is 0 Å². The van der Waals surface area contributed by atoms with Gasteiger partial charge in [-0.05, 0) is 36.5 Å². The molecule has 0 aromatic heterocycles. The molecule has 0 aliphatic heterocycles. The molecule has 1 aromatic carbocycles. The third kappa shape index (κ3) is 3.74. The van der Waals surface area contributed by atoms with Gasteiger partial charge in [0.1, 0.15) is 11.6 Å². The first-order chi connectivity index (χ1) is 7.71. The average Bonchev–Trinajstić information content (AvgIpc) is 2.11. The summed E-state index contributed by atoms with van der Waals surface area (Å²) in [5.41, 5.74) is 0.432. The highest BCUT2D eigenvalue weighted by Crippen LogP contribution is 2.20. The Morgan fingerprint density at radius 3 is 2.06 bits per heavy atom. The van der Waals surface area contributed by atoms with Gasteiger partial charge in [0.15, 0.2) is 4.90 Å². The maximum Gasteiger partial charge on any atom is 0.243 e. The monoisotopic (exact) mass is 263 g/mol. The normalized spacial score (nSPS) is 12.1. The van der Waals surface area contributed by atoms with Gasteiger partial charge >= 0.3 is 0 Å². The van der Waals surface area contributed by atoms with E-state index in [-0.39, 0.29) is 0 Å². The first-order valence-corrected chi connectivity index (χ1v) is 6.77. The molecule has 0 aliphatic carbocycles. The minimum Gasteiger partial charge on any atom is -0.224 e. The van der Waals surface area contributed by atoms with Crippen molar-refractivity contribution in [1.29, 1.82) is 0 Å². The van der Waals surface area contributed by atoms with Gasteiger partial charge in [-0.3, -0.25) is 0 Å². The summed E-state index contributed by atoms with van der Waals surface area (Å²) in [6, 6.07) is 2.04.